The van der Waals surface area contributed by atoms with Gasteiger partial charge in [-0.05, 0) is 92.5 Å². The molecule has 3 heteroatoms. The second kappa shape index (κ2) is 10.5. The van der Waals surface area contributed by atoms with Gasteiger partial charge in [0.05, 0.1) is 7.11 Å². The molecule has 0 fully saturated rings. The highest BCUT2D eigenvalue weighted by Crippen LogP contribution is 2.42. The summed E-state index contributed by atoms with van der Waals surface area (Å²) in [6.45, 7) is 0. The molecule has 0 amide bonds. The second-order valence-corrected chi connectivity index (χ2v) is 11.7. The summed E-state index contributed by atoms with van der Waals surface area (Å²) < 4.78 is 11.9. The minimum Gasteiger partial charge on any atom is -0.497 e. The maximum Gasteiger partial charge on any atom is 0.143 e. The Hall–Kier alpha value is -6.06. The molecule has 8 aromatic carbocycles. The van der Waals surface area contributed by atoms with Crippen molar-refractivity contribution in [3.63, 3.8) is 0 Å². The van der Waals surface area contributed by atoms with Crippen LogP contribution in [0.5, 0.6) is 5.75 Å². The molecular weight excluding hydrogens is 562 g/mol. The first-order valence-corrected chi connectivity index (χ1v) is 15.5. The molecule has 0 aliphatic heterocycles. The predicted molar refractivity (Wildman–Crippen MR) is 193 cm³/mol. The van der Waals surface area contributed by atoms with Gasteiger partial charge in [0.15, 0.2) is 0 Å². The zero-order chi connectivity index (χ0) is 30.6. The summed E-state index contributed by atoms with van der Waals surface area (Å²) in [5.74, 6) is 0.828. The van der Waals surface area contributed by atoms with Crippen LogP contribution in [0.1, 0.15) is 0 Å². The van der Waals surface area contributed by atoms with Crippen molar-refractivity contribution in [3.8, 4) is 16.9 Å². The topological polar surface area (TPSA) is 25.6 Å². The van der Waals surface area contributed by atoms with Crippen LogP contribution in [0.2, 0.25) is 0 Å². The number of methoxy groups -OCH3 is 1. The number of para-hydroxylation sites is 2. The third kappa shape index (κ3) is 4.13. The largest absolute Gasteiger partial charge is 0.497 e. The van der Waals surface area contributed by atoms with Gasteiger partial charge in [0.2, 0.25) is 0 Å². The van der Waals surface area contributed by atoms with E-state index < -0.39 is 0 Å². The van der Waals surface area contributed by atoms with Gasteiger partial charge in [-0.15, -0.1) is 0 Å². The highest BCUT2D eigenvalue weighted by Gasteiger charge is 2.17. The predicted octanol–water partition coefficient (Wildman–Crippen LogP) is 12.2. The Morgan fingerprint density at radius 2 is 0.957 bits per heavy atom. The van der Waals surface area contributed by atoms with Crippen molar-refractivity contribution < 1.29 is 9.15 Å². The standard InChI is InChI=1S/C43H29NO2/c1-45-32-24-21-30(22-25-32)44(31-23-26-38-36-11-3-2-9-34(36)35-10-4-5-12-37(35)41(38)27-31)29-19-17-28(18-20-29)33-14-8-15-40-39-13-6-7-16-42(39)46-43(33)40/h2-27H,1H3. The number of ether oxygens (including phenoxy) is 1. The van der Waals surface area contributed by atoms with Crippen LogP contribution in [0.3, 0.4) is 0 Å². The van der Waals surface area contributed by atoms with Crippen LogP contribution in [0, 0.1) is 0 Å². The van der Waals surface area contributed by atoms with Crippen molar-refractivity contribution in [1.82, 2.24) is 0 Å². The van der Waals surface area contributed by atoms with Gasteiger partial charge < -0.3 is 14.1 Å². The van der Waals surface area contributed by atoms with Gasteiger partial charge in [-0.2, -0.15) is 0 Å². The Morgan fingerprint density at radius 1 is 0.435 bits per heavy atom. The molecule has 0 saturated carbocycles. The number of furan rings is 1. The van der Waals surface area contributed by atoms with E-state index in [9.17, 15) is 0 Å². The molecule has 218 valence electrons. The Kier molecular flexibility index (Phi) is 6.04. The molecule has 0 unspecified atom stereocenters. The molecule has 3 nitrogen and oxygen atoms in total. The van der Waals surface area contributed by atoms with Crippen molar-refractivity contribution in [1.29, 1.82) is 0 Å². The lowest BCUT2D eigenvalue weighted by atomic mass is 9.94. The molecule has 1 heterocycles. The number of rotatable bonds is 5. The summed E-state index contributed by atoms with van der Waals surface area (Å²) in [6.07, 6.45) is 0. The van der Waals surface area contributed by atoms with Crippen LogP contribution in [0.4, 0.5) is 17.1 Å². The normalized spacial score (nSPS) is 11.6. The first kappa shape index (κ1) is 26.4. The molecule has 9 rings (SSSR count). The number of nitrogens with zero attached hydrogens (tertiary/aromatic N) is 1. The van der Waals surface area contributed by atoms with Gasteiger partial charge in [0.1, 0.15) is 16.9 Å². The summed E-state index contributed by atoms with van der Waals surface area (Å²) in [7, 11) is 1.70. The number of anilines is 3. The smallest absolute Gasteiger partial charge is 0.143 e. The first-order valence-electron chi connectivity index (χ1n) is 15.5. The summed E-state index contributed by atoms with van der Waals surface area (Å²) in [5.41, 5.74) is 7.22. The highest BCUT2D eigenvalue weighted by molar-refractivity contribution is 6.25. The van der Waals surface area contributed by atoms with E-state index in [2.05, 4.69) is 138 Å². The minimum atomic E-state index is 0.828. The molecule has 0 radical (unpaired) electrons. The molecule has 1 aromatic heterocycles. The van der Waals surface area contributed by atoms with Crippen molar-refractivity contribution in [3.05, 3.63) is 158 Å². The summed E-state index contributed by atoms with van der Waals surface area (Å²) >= 11 is 0. The van der Waals surface area contributed by atoms with Gasteiger partial charge in [0.25, 0.3) is 0 Å². The quantitative estimate of drug-likeness (QED) is 0.186. The fraction of sp³-hybridized carbons (Fsp3) is 0.0233. The van der Waals surface area contributed by atoms with Gasteiger partial charge >= 0.3 is 0 Å². The van der Waals surface area contributed by atoms with Crippen molar-refractivity contribution in [2.24, 2.45) is 0 Å². The lowest BCUT2D eigenvalue weighted by Crippen LogP contribution is -2.10. The van der Waals surface area contributed by atoms with Gasteiger partial charge in [0, 0.05) is 33.4 Å². The highest BCUT2D eigenvalue weighted by atomic mass is 16.5. The van der Waals surface area contributed by atoms with E-state index in [1.807, 2.05) is 24.3 Å². The van der Waals surface area contributed by atoms with E-state index in [1.54, 1.807) is 7.11 Å². The average molecular weight is 592 g/mol. The van der Waals surface area contributed by atoms with E-state index in [0.717, 1.165) is 55.9 Å². The van der Waals surface area contributed by atoms with Crippen LogP contribution < -0.4 is 9.64 Å². The van der Waals surface area contributed by atoms with Crippen molar-refractivity contribution in [2.75, 3.05) is 12.0 Å². The molecule has 0 aliphatic carbocycles. The Morgan fingerprint density at radius 3 is 1.61 bits per heavy atom. The lowest BCUT2D eigenvalue weighted by molar-refractivity contribution is 0.415. The van der Waals surface area contributed by atoms with Crippen molar-refractivity contribution >= 4 is 71.3 Å². The molecule has 0 bridgehead atoms. The molecule has 0 N–H and O–H groups in total. The summed E-state index contributed by atoms with van der Waals surface area (Å²) in [5, 5.41) is 9.82. The number of hydrogen-bond donors (Lipinski definition) is 0. The van der Waals surface area contributed by atoms with Crippen LogP contribution in [-0.2, 0) is 0 Å². The molecule has 9 aromatic rings. The van der Waals surface area contributed by atoms with E-state index in [-0.39, 0.29) is 0 Å². The summed E-state index contributed by atoms with van der Waals surface area (Å²) in [4.78, 5) is 2.31. The van der Waals surface area contributed by atoms with Crippen LogP contribution in [0.15, 0.2) is 162 Å². The molecule has 0 saturated heterocycles. The van der Waals surface area contributed by atoms with E-state index >= 15 is 0 Å². The number of hydrogen-bond acceptors (Lipinski definition) is 3. The van der Waals surface area contributed by atoms with Gasteiger partial charge in [-0.3, -0.25) is 0 Å². The molecular formula is C43H29NO2. The average Bonchev–Trinajstić information content (AvgIpc) is 3.52. The third-order valence-electron chi connectivity index (χ3n) is 9.16. The van der Waals surface area contributed by atoms with Gasteiger partial charge in [-0.25, -0.2) is 0 Å². The lowest BCUT2D eigenvalue weighted by Gasteiger charge is -2.26. The van der Waals surface area contributed by atoms with E-state index in [4.69, 9.17) is 9.15 Å². The molecule has 0 aliphatic rings. The minimum absolute atomic E-state index is 0.828. The fourth-order valence-electron chi connectivity index (χ4n) is 6.98. The van der Waals surface area contributed by atoms with Gasteiger partial charge in [-0.1, -0.05) is 103 Å². The fourth-order valence-corrected chi connectivity index (χ4v) is 6.98. The zero-order valence-electron chi connectivity index (χ0n) is 25.3. The van der Waals surface area contributed by atoms with Crippen molar-refractivity contribution in [2.45, 2.75) is 0 Å². The monoisotopic (exact) mass is 591 g/mol. The molecule has 0 atom stereocenters. The Balaban J connectivity index is 1.22. The maximum absolute atomic E-state index is 6.36. The van der Waals surface area contributed by atoms with E-state index in [0.29, 0.717) is 0 Å². The zero-order valence-corrected chi connectivity index (χ0v) is 25.3. The van der Waals surface area contributed by atoms with E-state index in [1.165, 1.54) is 32.3 Å². The SMILES string of the molecule is COc1ccc(N(c2ccc(-c3cccc4c3oc3ccccc34)cc2)c2ccc3c4ccccc4c4ccccc4c3c2)cc1. The Labute approximate surface area is 266 Å². The molecule has 0 spiro atoms. The third-order valence-corrected chi connectivity index (χ3v) is 9.16. The molecule has 46 heavy (non-hydrogen) atoms. The Bertz CT molecular complexity index is 2530. The number of fused-ring (bicyclic) bond motifs is 9. The maximum atomic E-state index is 6.36. The van der Waals surface area contributed by atoms with Crippen LogP contribution in [0.25, 0.3) is 65.4 Å². The first-order chi connectivity index (χ1) is 22.8. The van der Waals surface area contributed by atoms with Crippen LogP contribution >= 0.6 is 0 Å². The second-order valence-electron chi connectivity index (χ2n) is 11.7. The summed E-state index contributed by atoms with van der Waals surface area (Å²) in [6, 6.07) is 55.9. The van der Waals surface area contributed by atoms with Crippen LogP contribution in [-0.4, -0.2) is 7.11 Å². The number of benzene rings is 8.